The van der Waals surface area contributed by atoms with Gasteiger partial charge in [-0.1, -0.05) is 68.5 Å². The van der Waals surface area contributed by atoms with E-state index in [0.717, 1.165) is 6.42 Å². The van der Waals surface area contributed by atoms with Gasteiger partial charge in [-0.2, -0.15) is 0 Å². The van der Waals surface area contributed by atoms with Crippen LogP contribution in [-0.2, 0) is 0 Å². The summed E-state index contributed by atoms with van der Waals surface area (Å²) in [6.45, 7) is 11.1. The van der Waals surface area contributed by atoms with Crippen LogP contribution in [0.3, 0.4) is 0 Å². The molecule has 0 saturated carbocycles. The second-order valence-electron chi connectivity index (χ2n) is 4.34. The first-order valence-corrected chi connectivity index (χ1v) is 7.45. The van der Waals surface area contributed by atoms with Crippen molar-refractivity contribution in [2.75, 3.05) is 0 Å². The van der Waals surface area contributed by atoms with Crippen molar-refractivity contribution >= 4 is 33.2 Å². The molecule has 0 aliphatic carbocycles. The molecule has 0 aromatic carbocycles. The third-order valence-electron chi connectivity index (χ3n) is 1.76. The van der Waals surface area contributed by atoms with Gasteiger partial charge in [0.25, 0.3) is 0 Å². The predicted molar refractivity (Wildman–Crippen MR) is 71.8 cm³/mol. The standard InChI is InChI=1S/C11H19ClS2/c1-6-9(2)10(7-8-12)13-14-11(3,4)5/h9-10H,6H2,1-5H3. The molecule has 2 unspecified atom stereocenters. The molecular formula is C11H19ClS2. The Kier molecular flexibility index (Phi) is 7.20. The zero-order valence-electron chi connectivity index (χ0n) is 9.56. The molecular weight excluding hydrogens is 232 g/mol. The van der Waals surface area contributed by atoms with Crippen LogP contribution in [0.1, 0.15) is 41.0 Å². The number of hydrogen-bond donors (Lipinski definition) is 0. The van der Waals surface area contributed by atoms with E-state index in [1.165, 1.54) is 0 Å². The van der Waals surface area contributed by atoms with Gasteiger partial charge in [0.15, 0.2) is 0 Å². The summed E-state index contributed by atoms with van der Waals surface area (Å²) in [7, 11) is 3.73. The highest BCUT2D eigenvalue weighted by Gasteiger charge is 2.19. The third kappa shape index (κ3) is 6.92. The molecule has 14 heavy (non-hydrogen) atoms. The molecule has 0 aliphatic rings. The van der Waals surface area contributed by atoms with E-state index in [1.54, 1.807) is 0 Å². The molecule has 0 aromatic rings. The molecule has 0 amide bonds. The second-order valence-corrected chi connectivity index (χ2v) is 7.69. The highest BCUT2D eigenvalue weighted by molar-refractivity contribution is 8.77. The fourth-order valence-electron chi connectivity index (χ4n) is 0.725. The maximum atomic E-state index is 5.46. The first-order valence-electron chi connectivity index (χ1n) is 4.86. The van der Waals surface area contributed by atoms with E-state index in [-0.39, 0.29) is 4.75 Å². The quantitative estimate of drug-likeness (QED) is 0.520. The largest absolute Gasteiger partial charge is 0.0869 e. The topological polar surface area (TPSA) is 0 Å². The van der Waals surface area contributed by atoms with Crippen LogP contribution in [0.25, 0.3) is 0 Å². The van der Waals surface area contributed by atoms with Gasteiger partial charge in [0.05, 0.1) is 5.25 Å². The molecule has 0 radical (unpaired) electrons. The molecule has 0 bridgehead atoms. The van der Waals surface area contributed by atoms with Crippen LogP contribution in [0.15, 0.2) is 0 Å². The summed E-state index contributed by atoms with van der Waals surface area (Å²) < 4.78 is 0.282. The lowest BCUT2D eigenvalue weighted by atomic mass is 10.1. The fourth-order valence-corrected chi connectivity index (χ4v) is 3.68. The summed E-state index contributed by atoms with van der Waals surface area (Å²) in [6.07, 6.45) is 1.15. The molecule has 82 valence electrons. The van der Waals surface area contributed by atoms with E-state index in [9.17, 15) is 0 Å². The molecule has 0 aliphatic heterocycles. The molecule has 0 rings (SSSR count). The van der Waals surface area contributed by atoms with Gasteiger partial charge >= 0.3 is 0 Å². The molecule has 2 atom stereocenters. The van der Waals surface area contributed by atoms with Gasteiger partial charge in [0.2, 0.25) is 0 Å². The Hall–Kier alpha value is 0.550. The minimum Gasteiger partial charge on any atom is -0.0869 e. The van der Waals surface area contributed by atoms with E-state index < -0.39 is 0 Å². The summed E-state index contributed by atoms with van der Waals surface area (Å²) in [4.78, 5) is 0. The second kappa shape index (κ2) is 6.93. The molecule has 0 nitrogen and oxygen atoms in total. The number of hydrogen-bond acceptors (Lipinski definition) is 2. The Morgan fingerprint density at radius 3 is 2.29 bits per heavy atom. The van der Waals surface area contributed by atoms with Gasteiger partial charge in [0.1, 0.15) is 0 Å². The van der Waals surface area contributed by atoms with Crippen LogP contribution in [-0.4, -0.2) is 10.00 Å². The van der Waals surface area contributed by atoms with Gasteiger partial charge in [-0.3, -0.25) is 0 Å². The van der Waals surface area contributed by atoms with Crippen molar-refractivity contribution in [2.24, 2.45) is 5.92 Å². The zero-order chi connectivity index (χ0) is 11.2. The molecule has 0 fully saturated rings. The van der Waals surface area contributed by atoms with Crippen molar-refractivity contribution in [1.29, 1.82) is 0 Å². The minimum absolute atomic E-state index is 0.282. The first-order chi connectivity index (χ1) is 6.40. The fraction of sp³-hybridized carbons (Fsp3) is 0.818. The molecule has 0 heterocycles. The van der Waals surface area contributed by atoms with Gasteiger partial charge in [0, 0.05) is 10.1 Å². The van der Waals surface area contributed by atoms with Crippen LogP contribution in [0, 0.1) is 17.2 Å². The van der Waals surface area contributed by atoms with Crippen LogP contribution in [0.5, 0.6) is 0 Å². The van der Waals surface area contributed by atoms with Crippen LogP contribution in [0.2, 0.25) is 0 Å². The summed E-state index contributed by atoms with van der Waals surface area (Å²) in [6, 6.07) is 0. The maximum absolute atomic E-state index is 5.46. The Morgan fingerprint density at radius 1 is 1.36 bits per heavy atom. The molecule has 0 spiro atoms. The lowest BCUT2D eigenvalue weighted by Crippen LogP contribution is -2.13. The predicted octanol–water partition coefficient (Wildman–Crippen LogP) is 4.78. The van der Waals surface area contributed by atoms with Crippen molar-refractivity contribution in [2.45, 2.75) is 51.0 Å². The van der Waals surface area contributed by atoms with E-state index >= 15 is 0 Å². The lowest BCUT2D eigenvalue weighted by Gasteiger charge is -2.22. The first kappa shape index (κ1) is 14.6. The van der Waals surface area contributed by atoms with E-state index in [4.69, 9.17) is 11.6 Å². The lowest BCUT2D eigenvalue weighted by molar-refractivity contribution is 0.594. The number of rotatable bonds is 4. The van der Waals surface area contributed by atoms with Crippen molar-refractivity contribution in [1.82, 2.24) is 0 Å². The summed E-state index contributed by atoms with van der Waals surface area (Å²) >= 11 is 5.46. The van der Waals surface area contributed by atoms with Crippen LogP contribution < -0.4 is 0 Å². The molecule has 0 aromatic heterocycles. The molecule has 0 saturated heterocycles. The summed E-state index contributed by atoms with van der Waals surface area (Å²) in [5.41, 5.74) is 0. The smallest absolute Gasteiger partial charge is 0.0798 e. The Bertz CT molecular complexity index is 210. The van der Waals surface area contributed by atoms with Crippen molar-refractivity contribution in [3.05, 3.63) is 0 Å². The monoisotopic (exact) mass is 250 g/mol. The Balaban J connectivity index is 4.15. The maximum Gasteiger partial charge on any atom is 0.0798 e. The molecule has 0 N–H and O–H groups in total. The van der Waals surface area contributed by atoms with Crippen molar-refractivity contribution < 1.29 is 0 Å². The average molecular weight is 251 g/mol. The third-order valence-corrected chi connectivity index (χ3v) is 5.67. The van der Waals surface area contributed by atoms with Gasteiger partial charge in [-0.25, -0.2) is 0 Å². The highest BCUT2D eigenvalue weighted by atomic mass is 35.5. The van der Waals surface area contributed by atoms with Crippen molar-refractivity contribution in [3.8, 4) is 11.3 Å². The van der Waals surface area contributed by atoms with Crippen LogP contribution in [0.4, 0.5) is 0 Å². The Labute approximate surface area is 101 Å². The van der Waals surface area contributed by atoms with Gasteiger partial charge in [-0.15, -0.1) is 0 Å². The molecule has 3 heteroatoms. The van der Waals surface area contributed by atoms with E-state index in [1.807, 2.05) is 21.6 Å². The minimum atomic E-state index is 0.282. The van der Waals surface area contributed by atoms with Gasteiger partial charge in [-0.05, 0) is 17.5 Å². The highest BCUT2D eigenvalue weighted by Crippen LogP contribution is 2.40. The van der Waals surface area contributed by atoms with Gasteiger partial charge < -0.3 is 0 Å². The summed E-state index contributed by atoms with van der Waals surface area (Å²) in [5, 5.41) is 2.86. The SMILES string of the molecule is CCC(C)C(C#CCl)SSC(C)(C)C. The zero-order valence-corrected chi connectivity index (χ0v) is 11.9. The normalized spacial score (nSPS) is 15.6. The van der Waals surface area contributed by atoms with E-state index in [2.05, 4.69) is 45.9 Å². The number of halogens is 1. The summed E-state index contributed by atoms with van der Waals surface area (Å²) in [5.74, 6) is 3.66. The van der Waals surface area contributed by atoms with Crippen LogP contribution >= 0.6 is 33.2 Å². The average Bonchev–Trinajstić information content (AvgIpc) is 2.09. The van der Waals surface area contributed by atoms with Crippen molar-refractivity contribution in [3.63, 3.8) is 0 Å². The Morgan fingerprint density at radius 2 is 1.93 bits per heavy atom. The van der Waals surface area contributed by atoms with E-state index in [0.29, 0.717) is 11.2 Å².